The van der Waals surface area contributed by atoms with Crippen LogP contribution in [0.25, 0.3) is 16.6 Å². The van der Waals surface area contributed by atoms with Gasteiger partial charge in [0.15, 0.2) is 14.9 Å². The summed E-state index contributed by atoms with van der Waals surface area (Å²) in [5.41, 5.74) is 2.12. The van der Waals surface area contributed by atoms with Gasteiger partial charge in [0.2, 0.25) is 0 Å². The lowest BCUT2D eigenvalue weighted by Gasteiger charge is -2.19. The molecule has 34 heavy (non-hydrogen) atoms. The molecule has 9 nitrogen and oxygen atoms in total. The van der Waals surface area contributed by atoms with Gasteiger partial charge in [-0.25, -0.2) is 22.5 Å². The lowest BCUT2D eigenvalue weighted by atomic mass is 10.1. The van der Waals surface area contributed by atoms with Crippen molar-refractivity contribution in [2.24, 2.45) is 0 Å². The molecular formula is C23H23FN6O3S. The number of rotatable bonds is 6. The smallest absolute Gasteiger partial charge is 0.254 e. The second-order valence-electron chi connectivity index (χ2n) is 8.11. The zero-order chi connectivity index (χ0) is 24.6. The molecule has 1 amide bonds. The molecule has 0 bridgehead atoms. The summed E-state index contributed by atoms with van der Waals surface area (Å²) in [5, 5.41) is 7.74. The molecular weight excluding hydrogens is 459 g/mol. The number of benzene rings is 1. The number of hydrogen-bond donors (Lipinski definition) is 1. The largest absolute Gasteiger partial charge is 0.363 e. The van der Waals surface area contributed by atoms with E-state index in [4.69, 9.17) is 0 Å². The number of aromatic nitrogens is 4. The highest BCUT2D eigenvalue weighted by Crippen LogP contribution is 2.24. The Balaban J connectivity index is 1.66. The minimum Gasteiger partial charge on any atom is -0.363 e. The minimum atomic E-state index is -3.55. The quantitative estimate of drug-likeness (QED) is 0.450. The second kappa shape index (κ2) is 8.82. The van der Waals surface area contributed by atoms with E-state index in [0.29, 0.717) is 33.5 Å². The summed E-state index contributed by atoms with van der Waals surface area (Å²) < 4.78 is 39.1. The van der Waals surface area contributed by atoms with E-state index in [1.165, 1.54) is 24.4 Å². The maximum Gasteiger partial charge on any atom is 0.254 e. The van der Waals surface area contributed by atoms with E-state index in [0.717, 1.165) is 6.26 Å². The summed E-state index contributed by atoms with van der Waals surface area (Å²) in [7, 11) is -0.0326. The highest BCUT2D eigenvalue weighted by molar-refractivity contribution is 7.90. The van der Waals surface area contributed by atoms with Gasteiger partial charge in [0, 0.05) is 31.9 Å². The van der Waals surface area contributed by atoms with E-state index in [9.17, 15) is 17.6 Å². The molecule has 11 heteroatoms. The van der Waals surface area contributed by atoms with Crippen molar-refractivity contribution in [3.05, 3.63) is 71.9 Å². The van der Waals surface area contributed by atoms with Crippen molar-refractivity contribution in [3.63, 3.8) is 0 Å². The third kappa shape index (κ3) is 4.60. The predicted octanol–water partition coefficient (Wildman–Crippen LogP) is 2.92. The zero-order valence-electron chi connectivity index (χ0n) is 19.0. The first-order chi connectivity index (χ1) is 16.0. The molecule has 0 radical (unpaired) electrons. The van der Waals surface area contributed by atoms with Crippen LogP contribution in [0.15, 0.2) is 60.0 Å². The molecule has 0 fully saturated rings. The first kappa shape index (κ1) is 23.3. The molecule has 3 heterocycles. The second-order valence-corrected chi connectivity index (χ2v) is 10.1. The van der Waals surface area contributed by atoms with E-state index < -0.39 is 21.8 Å². The molecule has 1 atom stereocenters. The van der Waals surface area contributed by atoms with Crippen LogP contribution in [0.3, 0.4) is 0 Å². The van der Waals surface area contributed by atoms with Crippen LogP contribution in [0.5, 0.6) is 0 Å². The molecule has 0 saturated heterocycles. The Labute approximate surface area is 196 Å². The number of nitrogens with one attached hydrogen (secondary N) is 1. The topological polar surface area (TPSA) is 110 Å². The number of pyridine rings is 2. The first-order valence-electron chi connectivity index (χ1n) is 10.3. The van der Waals surface area contributed by atoms with Gasteiger partial charge < -0.3 is 10.2 Å². The molecule has 0 unspecified atom stereocenters. The highest BCUT2D eigenvalue weighted by atomic mass is 32.2. The van der Waals surface area contributed by atoms with Gasteiger partial charge in [0.25, 0.3) is 5.91 Å². The Morgan fingerprint density at radius 1 is 1.12 bits per heavy atom. The molecule has 3 aromatic heterocycles. The van der Waals surface area contributed by atoms with Gasteiger partial charge in [-0.2, -0.15) is 5.10 Å². The number of nitrogens with zero attached hydrogens (tertiary/aromatic N) is 5. The van der Waals surface area contributed by atoms with E-state index in [2.05, 4.69) is 20.4 Å². The van der Waals surface area contributed by atoms with Crippen molar-refractivity contribution in [1.82, 2.24) is 25.1 Å². The lowest BCUT2D eigenvalue weighted by Crippen LogP contribution is -2.27. The number of anilines is 1. The molecule has 1 N–H and O–H groups in total. The summed E-state index contributed by atoms with van der Waals surface area (Å²) in [6, 6.07) is 8.50. The Morgan fingerprint density at radius 2 is 1.82 bits per heavy atom. The van der Waals surface area contributed by atoms with Crippen molar-refractivity contribution in [3.8, 4) is 5.69 Å². The maximum absolute atomic E-state index is 13.3. The molecule has 0 saturated carbocycles. The maximum atomic E-state index is 13.3. The average molecular weight is 483 g/mol. The van der Waals surface area contributed by atoms with Crippen LogP contribution in [0.1, 0.15) is 28.9 Å². The Kier molecular flexibility index (Phi) is 6.05. The van der Waals surface area contributed by atoms with Gasteiger partial charge in [-0.1, -0.05) is 0 Å². The normalized spacial score (nSPS) is 12.5. The number of hydrogen-bond acceptors (Lipinski definition) is 7. The third-order valence-corrected chi connectivity index (χ3v) is 6.28. The molecule has 4 rings (SSSR count). The molecule has 0 aliphatic rings. The Hall–Kier alpha value is -3.86. The van der Waals surface area contributed by atoms with Gasteiger partial charge in [-0.05, 0) is 48.9 Å². The number of carbonyl (C=O) groups excluding carboxylic acids is 1. The van der Waals surface area contributed by atoms with Crippen LogP contribution >= 0.6 is 0 Å². The fourth-order valence-corrected chi connectivity index (χ4v) is 4.06. The fourth-order valence-electron chi connectivity index (χ4n) is 3.45. The molecule has 0 aliphatic heterocycles. The Morgan fingerprint density at radius 3 is 2.47 bits per heavy atom. The van der Waals surface area contributed by atoms with E-state index in [-0.39, 0.29) is 10.8 Å². The molecule has 0 aliphatic carbocycles. The number of carbonyl (C=O) groups is 1. The number of halogens is 1. The first-order valence-corrected chi connectivity index (χ1v) is 12.2. The third-order valence-electron chi connectivity index (χ3n) is 5.31. The monoisotopic (exact) mass is 482 g/mol. The summed E-state index contributed by atoms with van der Waals surface area (Å²) >= 11 is 0. The molecule has 1 aromatic carbocycles. The standard InChI is InChI=1S/C23H23FN6O3S/c1-14(15-9-21(29(2)3)28-22(10-15)34(4,32)33)27-23(31)19-11-25-13-20-18(19)12-26-30(20)17-7-5-16(24)6-8-17/h5-14H,1-4H3,(H,27,31)/t14-/m0/s1. The highest BCUT2D eigenvalue weighted by Gasteiger charge is 2.20. The van der Waals surface area contributed by atoms with Gasteiger partial charge in [0.1, 0.15) is 11.6 Å². The van der Waals surface area contributed by atoms with E-state index >= 15 is 0 Å². The summed E-state index contributed by atoms with van der Waals surface area (Å²) in [5.74, 6) is -0.295. The van der Waals surface area contributed by atoms with Crippen LogP contribution in [-0.4, -0.2) is 54.4 Å². The van der Waals surface area contributed by atoms with Gasteiger partial charge in [0.05, 0.1) is 35.2 Å². The van der Waals surface area contributed by atoms with Gasteiger partial charge in [-0.3, -0.25) is 9.78 Å². The summed E-state index contributed by atoms with van der Waals surface area (Å²) in [6.07, 6.45) is 5.67. The van der Waals surface area contributed by atoms with Crippen LogP contribution < -0.4 is 10.2 Å². The molecule has 4 aromatic rings. The summed E-state index contributed by atoms with van der Waals surface area (Å²) in [4.78, 5) is 23.2. The van der Waals surface area contributed by atoms with Gasteiger partial charge >= 0.3 is 0 Å². The number of fused-ring (bicyclic) bond motifs is 1. The van der Waals surface area contributed by atoms with E-state index in [1.807, 2.05) is 0 Å². The molecule has 0 spiro atoms. The van der Waals surface area contributed by atoms with Crippen molar-refractivity contribution in [1.29, 1.82) is 0 Å². The van der Waals surface area contributed by atoms with Crippen LogP contribution in [-0.2, 0) is 9.84 Å². The van der Waals surface area contributed by atoms with Crippen LogP contribution in [0.4, 0.5) is 10.2 Å². The minimum absolute atomic E-state index is 0.0702. The zero-order valence-corrected chi connectivity index (χ0v) is 19.8. The van der Waals surface area contributed by atoms with E-state index in [1.54, 1.807) is 61.2 Å². The van der Waals surface area contributed by atoms with Crippen molar-refractivity contribution < 1.29 is 17.6 Å². The predicted molar refractivity (Wildman–Crippen MR) is 126 cm³/mol. The van der Waals surface area contributed by atoms with Crippen molar-refractivity contribution in [2.45, 2.75) is 18.0 Å². The van der Waals surface area contributed by atoms with Crippen molar-refractivity contribution in [2.75, 3.05) is 25.3 Å². The van der Waals surface area contributed by atoms with Crippen molar-refractivity contribution >= 4 is 32.5 Å². The average Bonchev–Trinajstić information content (AvgIpc) is 3.22. The van der Waals surface area contributed by atoms with Crippen LogP contribution in [0.2, 0.25) is 0 Å². The number of amides is 1. The molecule has 176 valence electrons. The Bertz CT molecular complexity index is 1480. The fraction of sp³-hybridized carbons (Fsp3) is 0.217. The lowest BCUT2D eigenvalue weighted by molar-refractivity contribution is 0.0941. The summed E-state index contributed by atoms with van der Waals surface area (Å²) in [6.45, 7) is 1.76. The number of sulfone groups is 1. The van der Waals surface area contributed by atoms with Crippen LogP contribution in [0, 0.1) is 5.82 Å². The van der Waals surface area contributed by atoms with Gasteiger partial charge in [-0.15, -0.1) is 0 Å². The SMILES string of the molecule is C[C@H](NC(=O)c1cncc2c1cnn2-c1ccc(F)cc1)c1cc(N(C)C)nc(S(C)(=O)=O)c1.